The Balaban J connectivity index is 2.65. The van der Waals surface area contributed by atoms with Crippen molar-refractivity contribution in [3.05, 3.63) is 45.5 Å². The van der Waals surface area contributed by atoms with Gasteiger partial charge < -0.3 is 4.74 Å². The molecule has 2 heterocycles. The summed E-state index contributed by atoms with van der Waals surface area (Å²) in [6.07, 6.45) is 2.10. The molecule has 0 saturated heterocycles. The van der Waals surface area contributed by atoms with E-state index in [1.165, 1.54) is 10.6 Å². The van der Waals surface area contributed by atoms with Gasteiger partial charge in [-0.25, -0.2) is 9.78 Å². The number of ether oxygens (including phenoxy) is 1. The largest absolute Gasteiger partial charge is 0.462 e. The summed E-state index contributed by atoms with van der Waals surface area (Å²) >= 11 is 0. The molecule has 0 amide bonds. The number of nitrogens with zero attached hydrogens (tertiary/aromatic N) is 2. The zero-order chi connectivity index (χ0) is 14.0. The third kappa shape index (κ3) is 2.36. The molecule has 5 heteroatoms. The first-order valence-corrected chi connectivity index (χ1v) is 6.27. The standard InChI is InChI=1S/C14H16N2O3/c1-4-11-9(3)15-12-7-6-10(14(18)19-5-2)8-16(12)13(11)17/h6-8H,4-5H2,1-3H3. The first-order valence-electron chi connectivity index (χ1n) is 6.27. The highest BCUT2D eigenvalue weighted by molar-refractivity contribution is 5.89. The van der Waals surface area contributed by atoms with Crippen LogP contribution in [0.5, 0.6) is 0 Å². The van der Waals surface area contributed by atoms with Gasteiger partial charge in [0.25, 0.3) is 5.56 Å². The highest BCUT2D eigenvalue weighted by Gasteiger charge is 2.11. The van der Waals surface area contributed by atoms with Gasteiger partial charge in [0.2, 0.25) is 0 Å². The van der Waals surface area contributed by atoms with Crippen LogP contribution < -0.4 is 5.56 Å². The summed E-state index contributed by atoms with van der Waals surface area (Å²) in [5, 5.41) is 0. The lowest BCUT2D eigenvalue weighted by molar-refractivity contribution is 0.0525. The fourth-order valence-corrected chi connectivity index (χ4v) is 2.03. The van der Waals surface area contributed by atoms with Crippen LogP contribution in [0.25, 0.3) is 5.65 Å². The van der Waals surface area contributed by atoms with E-state index in [2.05, 4.69) is 4.98 Å². The van der Waals surface area contributed by atoms with Crippen LogP contribution in [0.1, 0.15) is 35.5 Å². The van der Waals surface area contributed by atoms with Crippen LogP contribution in [-0.4, -0.2) is 22.0 Å². The van der Waals surface area contributed by atoms with E-state index < -0.39 is 5.97 Å². The van der Waals surface area contributed by atoms with Crippen molar-refractivity contribution in [2.75, 3.05) is 6.61 Å². The Labute approximate surface area is 110 Å². The molecule has 0 aliphatic heterocycles. The molecule has 2 rings (SSSR count). The van der Waals surface area contributed by atoms with E-state index in [9.17, 15) is 9.59 Å². The second-order valence-electron chi connectivity index (χ2n) is 4.20. The van der Waals surface area contributed by atoms with Crippen molar-refractivity contribution in [3.63, 3.8) is 0 Å². The number of pyridine rings is 1. The molecule has 100 valence electrons. The molecule has 0 saturated carbocycles. The van der Waals surface area contributed by atoms with Crippen molar-refractivity contribution in [3.8, 4) is 0 Å². The van der Waals surface area contributed by atoms with Gasteiger partial charge in [-0.3, -0.25) is 9.20 Å². The van der Waals surface area contributed by atoms with Crippen molar-refractivity contribution < 1.29 is 9.53 Å². The number of hydrogen-bond donors (Lipinski definition) is 0. The highest BCUT2D eigenvalue weighted by atomic mass is 16.5. The smallest absolute Gasteiger partial charge is 0.339 e. The van der Waals surface area contributed by atoms with Gasteiger partial charge in [-0.15, -0.1) is 0 Å². The minimum absolute atomic E-state index is 0.129. The van der Waals surface area contributed by atoms with Gasteiger partial charge in [0.15, 0.2) is 0 Å². The van der Waals surface area contributed by atoms with Crippen molar-refractivity contribution >= 4 is 11.6 Å². The number of esters is 1. The second-order valence-corrected chi connectivity index (χ2v) is 4.20. The average molecular weight is 260 g/mol. The summed E-state index contributed by atoms with van der Waals surface area (Å²) in [6.45, 7) is 5.77. The number of carbonyl (C=O) groups excluding carboxylic acids is 1. The number of carbonyl (C=O) groups is 1. The Kier molecular flexibility index (Phi) is 3.64. The van der Waals surface area contributed by atoms with Crippen LogP contribution in [0, 0.1) is 6.92 Å². The van der Waals surface area contributed by atoms with E-state index in [0.717, 1.165) is 5.69 Å². The summed E-state index contributed by atoms with van der Waals surface area (Å²) in [5.41, 5.74) is 2.16. The molecule has 2 aromatic rings. The number of fused-ring (bicyclic) bond motifs is 1. The van der Waals surface area contributed by atoms with E-state index in [4.69, 9.17) is 4.74 Å². The summed E-state index contributed by atoms with van der Waals surface area (Å²) in [4.78, 5) is 28.3. The Morgan fingerprint density at radius 2 is 2.11 bits per heavy atom. The van der Waals surface area contributed by atoms with Crippen molar-refractivity contribution in [1.82, 2.24) is 9.38 Å². The maximum Gasteiger partial charge on any atom is 0.339 e. The molecule has 0 radical (unpaired) electrons. The van der Waals surface area contributed by atoms with E-state index in [0.29, 0.717) is 29.8 Å². The molecule has 0 unspecified atom stereocenters. The maximum absolute atomic E-state index is 12.3. The number of aromatic nitrogens is 2. The van der Waals surface area contributed by atoms with Crippen molar-refractivity contribution in [2.45, 2.75) is 27.2 Å². The van der Waals surface area contributed by atoms with Gasteiger partial charge in [-0.05, 0) is 32.4 Å². The van der Waals surface area contributed by atoms with Gasteiger partial charge in [0.1, 0.15) is 5.65 Å². The van der Waals surface area contributed by atoms with Crippen molar-refractivity contribution in [1.29, 1.82) is 0 Å². The van der Waals surface area contributed by atoms with Gasteiger partial charge in [0, 0.05) is 17.5 Å². The van der Waals surface area contributed by atoms with E-state index in [-0.39, 0.29) is 5.56 Å². The predicted molar refractivity (Wildman–Crippen MR) is 71.5 cm³/mol. The van der Waals surface area contributed by atoms with Crippen LogP contribution >= 0.6 is 0 Å². The lowest BCUT2D eigenvalue weighted by atomic mass is 10.2. The maximum atomic E-state index is 12.3. The molecule has 0 fully saturated rings. The molecule has 19 heavy (non-hydrogen) atoms. The molecule has 0 bridgehead atoms. The minimum Gasteiger partial charge on any atom is -0.462 e. The second kappa shape index (κ2) is 5.22. The third-order valence-electron chi connectivity index (χ3n) is 2.99. The third-order valence-corrected chi connectivity index (χ3v) is 2.99. The topological polar surface area (TPSA) is 60.7 Å². The minimum atomic E-state index is -0.435. The molecule has 0 N–H and O–H groups in total. The van der Waals surface area contributed by atoms with Crippen LogP contribution in [0.2, 0.25) is 0 Å². The van der Waals surface area contributed by atoms with Crippen LogP contribution in [-0.2, 0) is 11.2 Å². The van der Waals surface area contributed by atoms with Crippen molar-refractivity contribution in [2.24, 2.45) is 0 Å². The number of hydrogen-bond acceptors (Lipinski definition) is 4. The first-order chi connectivity index (χ1) is 9.08. The lowest BCUT2D eigenvalue weighted by Gasteiger charge is -2.08. The summed E-state index contributed by atoms with van der Waals surface area (Å²) < 4.78 is 6.32. The zero-order valence-corrected chi connectivity index (χ0v) is 11.3. The van der Waals surface area contributed by atoms with E-state index in [1.807, 2.05) is 13.8 Å². The summed E-state index contributed by atoms with van der Waals surface area (Å²) in [6, 6.07) is 3.27. The van der Waals surface area contributed by atoms with Crippen LogP contribution in [0.15, 0.2) is 23.1 Å². The fourth-order valence-electron chi connectivity index (χ4n) is 2.03. The van der Waals surface area contributed by atoms with Crippen LogP contribution in [0.3, 0.4) is 0 Å². The monoisotopic (exact) mass is 260 g/mol. The Morgan fingerprint density at radius 1 is 1.37 bits per heavy atom. The molecule has 0 spiro atoms. The van der Waals surface area contributed by atoms with Gasteiger partial charge in [0.05, 0.1) is 12.2 Å². The molecular weight excluding hydrogens is 244 g/mol. The quantitative estimate of drug-likeness (QED) is 0.789. The van der Waals surface area contributed by atoms with Crippen LogP contribution in [0.4, 0.5) is 0 Å². The van der Waals surface area contributed by atoms with Gasteiger partial charge in [-0.1, -0.05) is 6.92 Å². The van der Waals surface area contributed by atoms with Gasteiger partial charge in [-0.2, -0.15) is 0 Å². The molecule has 0 aliphatic carbocycles. The SMILES string of the molecule is CCOC(=O)c1ccc2nc(C)c(CC)c(=O)n2c1. The molecule has 0 atom stereocenters. The first kappa shape index (κ1) is 13.3. The zero-order valence-electron chi connectivity index (χ0n) is 11.3. The number of aryl methyl sites for hydroxylation is 1. The molecule has 0 aromatic carbocycles. The Bertz CT molecular complexity index is 689. The van der Waals surface area contributed by atoms with Gasteiger partial charge >= 0.3 is 5.97 Å². The highest BCUT2D eigenvalue weighted by Crippen LogP contribution is 2.08. The lowest BCUT2D eigenvalue weighted by Crippen LogP contribution is -2.22. The Morgan fingerprint density at radius 3 is 2.74 bits per heavy atom. The molecular formula is C14H16N2O3. The number of rotatable bonds is 3. The average Bonchev–Trinajstić information content (AvgIpc) is 2.39. The van der Waals surface area contributed by atoms with E-state index >= 15 is 0 Å². The van der Waals surface area contributed by atoms with E-state index in [1.54, 1.807) is 19.1 Å². The normalized spacial score (nSPS) is 10.7. The summed E-state index contributed by atoms with van der Waals surface area (Å²) in [5.74, 6) is -0.435. The summed E-state index contributed by atoms with van der Waals surface area (Å²) in [7, 11) is 0. The molecule has 5 nitrogen and oxygen atoms in total. The predicted octanol–water partition coefficient (Wildman–Crippen LogP) is 1.74. The fraction of sp³-hybridized carbons (Fsp3) is 0.357. The Hall–Kier alpha value is -2.17. The molecule has 2 aromatic heterocycles. The molecule has 0 aliphatic rings.